The van der Waals surface area contributed by atoms with Crippen molar-refractivity contribution in [2.75, 3.05) is 0 Å². The van der Waals surface area contributed by atoms with Gasteiger partial charge in [0.05, 0.1) is 12.5 Å². The van der Waals surface area contributed by atoms with Crippen molar-refractivity contribution < 1.29 is 13.6 Å². The van der Waals surface area contributed by atoms with Crippen LogP contribution in [-0.2, 0) is 11.2 Å². The van der Waals surface area contributed by atoms with E-state index < -0.39 is 12.3 Å². The van der Waals surface area contributed by atoms with Gasteiger partial charge >= 0.3 is 0 Å². The molecular weight excluding hydrogens is 206 g/mol. The zero-order valence-electron chi connectivity index (χ0n) is 7.86. The molecule has 1 saturated carbocycles. The number of carbonyl (C=O) groups excluding carboxylic acids is 1. The monoisotopic (exact) mass is 216 g/mol. The molecule has 1 aliphatic rings. The van der Waals surface area contributed by atoms with Gasteiger partial charge < -0.3 is 5.73 Å². The number of hydrogen-bond acceptors (Lipinski definition) is 3. The third-order valence-corrected chi connectivity index (χ3v) is 2.25. The molecule has 7 heteroatoms. The number of rotatable bonds is 4. The van der Waals surface area contributed by atoms with Crippen molar-refractivity contribution in [2.24, 2.45) is 5.73 Å². The fraction of sp³-hybridized carbons (Fsp3) is 0.625. The van der Waals surface area contributed by atoms with Gasteiger partial charge in [-0.2, -0.15) is 0 Å². The molecule has 1 heterocycles. The van der Waals surface area contributed by atoms with E-state index in [1.165, 1.54) is 4.68 Å². The molecule has 0 aliphatic heterocycles. The highest BCUT2D eigenvalue weighted by Crippen LogP contribution is 2.37. The average Bonchev–Trinajstić information content (AvgIpc) is 2.87. The first kappa shape index (κ1) is 10.0. The lowest BCUT2D eigenvalue weighted by Crippen LogP contribution is -2.15. The van der Waals surface area contributed by atoms with Gasteiger partial charge in [0.25, 0.3) is 6.43 Å². The van der Waals surface area contributed by atoms with E-state index in [1.807, 2.05) is 0 Å². The van der Waals surface area contributed by atoms with Crippen LogP contribution in [0.25, 0.3) is 0 Å². The third kappa shape index (κ3) is 1.95. The summed E-state index contributed by atoms with van der Waals surface area (Å²) in [5.41, 5.74) is 4.66. The van der Waals surface area contributed by atoms with E-state index in [9.17, 15) is 13.6 Å². The van der Waals surface area contributed by atoms with Gasteiger partial charge in [0.1, 0.15) is 11.4 Å². The van der Waals surface area contributed by atoms with Gasteiger partial charge in [-0.1, -0.05) is 5.21 Å². The standard InChI is InChI=1S/C8H10F2N4O/c9-8(10)7-5(3-6(11)15)12-13-14(7)4-1-2-4/h4,8H,1-3H2,(H2,11,15). The molecule has 1 aliphatic carbocycles. The maximum absolute atomic E-state index is 12.7. The summed E-state index contributed by atoms with van der Waals surface area (Å²) in [5, 5.41) is 7.20. The van der Waals surface area contributed by atoms with Crippen molar-refractivity contribution in [3.63, 3.8) is 0 Å². The summed E-state index contributed by atoms with van der Waals surface area (Å²) >= 11 is 0. The highest BCUT2D eigenvalue weighted by Gasteiger charge is 2.32. The van der Waals surface area contributed by atoms with Crippen LogP contribution in [0.1, 0.15) is 36.7 Å². The van der Waals surface area contributed by atoms with Gasteiger partial charge in [-0.05, 0) is 12.8 Å². The van der Waals surface area contributed by atoms with E-state index in [1.54, 1.807) is 0 Å². The molecule has 1 fully saturated rings. The second-order valence-corrected chi connectivity index (χ2v) is 3.54. The molecule has 0 unspecified atom stereocenters. The lowest BCUT2D eigenvalue weighted by molar-refractivity contribution is -0.117. The quantitative estimate of drug-likeness (QED) is 0.799. The molecule has 2 N–H and O–H groups in total. The first-order valence-electron chi connectivity index (χ1n) is 4.60. The zero-order valence-corrected chi connectivity index (χ0v) is 7.86. The third-order valence-electron chi connectivity index (χ3n) is 2.25. The Bertz CT molecular complexity index is 386. The van der Waals surface area contributed by atoms with Crippen LogP contribution in [0.15, 0.2) is 0 Å². The van der Waals surface area contributed by atoms with E-state index in [-0.39, 0.29) is 23.9 Å². The van der Waals surface area contributed by atoms with Crippen LogP contribution in [-0.4, -0.2) is 20.9 Å². The second kappa shape index (κ2) is 3.56. The Morgan fingerprint density at radius 1 is 1.60 bits per heavy atom. The average molecular weight is 216 g/mol. The maximum atomic E-state index is 12.7. The predicted molar refractivity (Wildman–Crippen MR) is 46.1 cm³/mol. The number of primary amides is 1. The Morgan fingerprint density at radius 2 is 2.27 bits per heavy atom. The SMILES string of the molecule is NC(=O)Cc1nnn(C2CC2)c1C(F)F. The van der Waals surface area contributed by atoms with Crippen molar-refractivity contribution in [1.82, 2.24) is 15.0 Å². The van der Waals surface area contributed by atoms with Crippen LogP contribution in [0.5, 0.6) is 0 Å². The molecule has 1 aromatic heterocycles. The van der Waals surface area contributed by atoms with Crippen molar-refractivity contribution in [3.05, 3.63) is 11.4 Å². The van der Waals surface area contributed by atoms with Gasteiger partial charge in [-0.15, -0.1) is 5.10 Å². The number of nitrogens with zero attached hydrogens (tertiary/aromatic N) is 3. The zero-order chi connectivity index (χ0) is 11.0. The predicted octanol–water partition coefficient (Wildman–Crippen LogP) is 0.578. The second-order valence-electron chi connectivity index (χ2n) is 3.54. The molecule has 0 aromatic carbocycles. The van der Waals surface area contributed by atoms with Gasteiger partial charge in [-0.25, -0.2) is 13.5 Å². The Balaban J connectivity index is 2.32. The molecule has 82 valence electrons. The lowest BCUT2D eigenvalue weighted by Gasteiger charge is -2.04. The van der Waals surface area contributed by atoms with Crippen LogP contribution < -0.4 is 5.73 Å². The fourth-order valence-corrected chi connectivity index (χ4v) is 1.44. The molecule has 15 heavy (non-hydrogen) atoms. The topological polar surface area (TPSA) is 73.8 Å². The number of nitrogens with two attached hydrogens (primary N) is 1. The van der Waals surface area contributed by atoms with Crippen molar-refractivity contribution >= 4 is 5.91 Å². The lowest BCUT2D eigenvalue weighted by atomic mass is 10.2. The van der Waals surface area contributed by atoms with Crippen LogP contribution >= 0.6 is 0 Å². The van der Waals surface area contributed by atoms with Crippen LogP contribution in [0.3, 0.4) is 0 Å². The van der Waals surface area contributed by atoms with Gasteiger partial charge in [0, 0.05) is 0 Å². The Kier molecular flexibility index (Phi) is 2.37. The molecule has 0 bridgehead atoms. The summed E-state index contributed by atoms with van der Waals surface area (Å²) in [5.74, 6) is -0.681. The van der Waals surface area contributed by atoms with Gasteiger partial charge in [-0.3, -0.25) is 4.79 Å². The van der Waals surface area contributed by atoms with Gasteiger partial charge in [0.15, 0.2) is 0 Å². The van der Waals surface area contributed by atoms with E-state index in [0.717, 1.165) is 12.8 Å². The Hall–Kier alpha value is -1.53. The van der Waals surface area contributed by atoms with Crippen LogP contribution in [0.4, 0.5) is 8.78 Å². The maximum Gasteiger partial charge on any atom is 0.281 e. The molecule has 0 radical (unpaired) electrons. The van der Waals surface area contributed by atoms with Crippen molar-refractivity contribution in [1.29, 1.82) is 0 Å². The highest BCUT2D eigenvalue weighted by molar-refractivity contribution is 5.76. The number of hydrogen-bond donors (Lipinski definition) is 1. The number of halogens is 2. The summed E-state index contributed by atoms with van der Waals surface area (Å²) in [4.78, 5) is 10.6. The highest BCUT2D eigenvalue weighted by atomic mass is 19.3. The fourth-order valence-electron chi connectivity index (χ4n) is 1.44. The normalized spacial score (nSPS) is 15.9. The summed E-state index contributed by atoms with van der Waals surface area (Å²) in [6, 6.07) is 0.0168. The molecule has 2 rings (SSSR count). The molecule has 1 aromatic rings. The minimum absolute atomic E-state index is 0.00981. The largest absolute Gasteiger partial charge is 0.369 e. The van der Waals surface area contributed by atoms with Crippen molar-refractivity contribution in [3.8, 4) is 0 Å². The summed E-state index contributed by atoms with van der Waals surface area (Å²) in [6.07, 6.45) is -1.29. The molecule has 0 spiro atoms. The minimum Gasteiger partial charge on any atom is -0.369 e. The van der Waals surface area contributed by atoms with Gasteiger partial charge in [0.2, 0.25) is 5.91 Å². The van der Waals surface area contributed by atoms with E-state index in [2.05, 4.69) is 10.3 Å². The molecule has 0 atom stereocenters. The summed E-state index contributed by atoms with van der Waals surface area (Å²) in [7, 11) is 0. The number of aromatic nitrogens is 3. The van der Waals surface area contributed by atoms with Crippen LogP contribution in [0.2, 0.25) is 0 Å². The first-order valence-corrected chi connectivity index (χ1v) is 4.60. The smallest absolute Gasteiger partial charge is 0.281 e. The first-order chi connectivity index (χ1) is 7.09. The van der Waals surface area contributed by atoms with E-state index in [0.29, 0.717) is 0 Å². The summed E-state index contributed by atoms with van der Waals surface area (Å²) < 4.78 is 26.6. The number of carbonyl (C=O) groups is 1. The molecule has 5 nitrogen and oxygen atoms in total. The summed E-state index contributed by atoms with van der Waals surface area (Å²) in [6.45, 7) is 0. The minimum atomic E-state index is -2.67. The van der Waals surface area contributed by atoms with E-state index >= 15 is 0 Å². The molecule has 0 saturated heterocycles. The van der Waals surface area contributed by atoms with Crippen molar-refractivity contribution in [2.45, 2.75) is 31.7 Å². The Morgan fingerprint density at radius 3 is 2.73 bits per heavy atom. The Labute approximate surface area is 84.2 Å². The molecule has 1 amide bonds. The molecular formula is C8H10F2N4O. The van der Waals surface area contributed by atoms with Crippen LogP contribution in [0, 0.1) is 0 Å². The number of amides is 1. The van der Waals surface area contributed by atoms with E-state index in [4.69, 9.17) is 5.73 Å². The number of alkyl halides is 2.